The first-order valence-electron chi connectivity index (χ1n) is 7.93. The van der Waals surface area contributed by atoms with E-state index in [-0.39, 0.29) is 11.4 Å². The van der Waals surface area contributed by atoms with Gasteiger partial charge >= 0.3 is 0 Å². The zero-order valence-corrected chi connectivity index (χ0v) is 14.6. The number of hydrogen-bond acceptors (Lipinski definition) is 7. The highest BCUT2D eigenvalue weighted by molar-refractivity contribution is 7.89. The molecule has 3 N–H and O–H groups in total. The van der Waals surface area contributed by atoms with E-state index in [1.165, 1.54) is 0 Å². The van der Waals surface area contributed by atoms with Crippen molar-refractivity contribution in [3.05, 3.63) is 67.0 Å². The second kappa shape index (κ2) is 8.37. The topological polar surface area (TPSA) is 109 Å². The smallest absolute Gasteiger partial charge is 0.240 e. The summed E-state index contributed by atoms with van der Waals surface area (Å²) in [6.07, 6.45) is 3.37. The molecule has 26 heavy (non-hydrogen) atoms. The van der Waals surface area contributed by atoms with Crippen LogP contribution in [-0.2, 0) is 10.0 Å². The minimum Gasteiger partial charge on any atom is -0.367 e. The maximum Gasteiger partial charge on any atom is 0.240 e. The molecular weight excluding hydrogens is 352 g/mol. The lowest BCUT2D eigenvalue weighted by molar-refractivity contribution is 0.583. The summed E-state index contributed by atoms with van der Waals surface area (Å²) in [6.45, 7) is 0.619. The van der Waals surface area contributed by atoms with Gasteiger partial charge in [0.05, 0.1) is 4.90 Å². The molecule has 1 aromatic carbocycles. The molecule has 0 bridgehead atoms. The summed E-state index contributed by atoms with van der Waals surface area (Å²) < 4.78 is 26.7. The van der Waals surface area contributed by atoms with Crippen LogP contribution >= 0.6 is 0 Å². The minimum atomic E-state index is -3.50. The second-order valence-electron chi connectivity index (χ2n) is 5.30. The van der Waals surface area contributed by atoms with Crippen LogP contribution in [0.25, 0.3) is 0 Å². The normalized spacial score (nSPS) is 11.1. The van der Waals surface area contributed by atoms with E-state index in [0.29, 0.717) is 18.2 Å². The van der Waals surface area contributed by atoms with E-state index in [1.807, 2.05) is 12.1 Å². The predicted octanol–water partition coefficient (Wildman–Crippen LogP) is 2.01. The lowest BCUT2D eigenvalue weighted by Gasteiger charge is -2.09. The van der Waals surface area contributed by atoms with Crippen molar-refractivity contribution in [2.45, 2.75) is 4.90 Å². The first-order valence-corrected chi connectivity index (χ1v) is 9.41. The summed E-state index contributed by atoms with van der Waals surface area (Å²) >= 11 is 0. The fourth-order valence-electron chi connectivity index (χ4n) is 2.14. The molecule has 0 amide bonds. The Morgan fingerprint density at radius 1 is 0.808 bits per heavy atom. The Hall–Kier alpha value is -3.04. The lowest BCUT2D eigenvalue weighted by atomic mass is 10.4. The zero-order chi connectivity index (χ0) is 18.2. The van der Waals surface area contributed by atoms with Crippen LogP contribution in [0.3, 0.4) is 0 Å². The number of benzene rings is 1. The summed E-state index contributed by atoms with van der Waals surface area (Å²) in [4.78, 5) is 4.19. The van der Waals surface area contributed by atoms with Gasteiger partial charge in [-0.3, -0.25) is 4.98 Å². The SMILES string of the molecule is O=S(=O)(NCCNc1ccc(Nc2ccncc2)nn1)c1ccccc1. The first kappa shape index (κ1) is 17.8. The molecule has 3 rings (SSSR count). The number of anilines is 3. The van der Waals surface area contributed by atoms with Crippen LogP contribution in [0.2, 0.25) is 0 Å². The lowest BCUT2D eigenvalue weighted by Crippen LogP contribution is -2.29. The Bertz CT molecular complexity index is 918. The highest BCUT2D eigenvalue weighted by Gasteiger charge is 2.11. The number of hydrogen-bond donors (Lipinski definition) is 3. The molecular formula is C17H18N6O2S. The van der Waals surface area contributed by atoms with Gasteiger partial charge in [-0.05, 0) is 36.4 Å². The predicted molar refractivity (Wildman–Crippen MR) is 99.7 cm³/mol. The van der Waals surface area contributed by atoms with Gasteiger partial charge in [-0.2, -0.15) is 0 Å². The standard InChI is InChI=1S/C17H18N6O2S/c24-26(25,15-4-2-1-3-5-15)20-13-12-19-16-6-7-17(23-22-16)21-14-8-10-18-11-9-14/h1-11,20H,12-13H2,(H,19,22)(H,18,21,23). The molecule has 0 saturated carbocycles. The second-order valence-corrected chi connectivity index (χ2v) is 7.07. The quantitative estimate of drug-likeness (QED) is 0.520. The summed E-state index contributed by atoms with van der Waals surface area (Å²) in [5, 5.41) is 14.2. The Morgan fingerprint density at radius 2 is 1.50 bits per heavy atom. The summed E-state index contributed by atoms with van der Waals surface area (Å²) in [7, 11) is -3.50. The van der Waals surface area contributed by atoms with Gasteiger partial charge in [-0.25, -0.2) is 13.1 Å². The van der Waals surface area contributed by atoms with Crippen molar-refractivity contribution in [2.24, 2.45) is 0 Å². The zero-order valence-electron chi connectivity index (χ0n) is 13.8. The molecule has 0 aliphatic rings. The summed E-state index contributed by atoms with van der Waals surface area (Å²) in [5.41, 5.74) is 0.866. The molecule has 9 heteroatoms. The Kier molecular flexibility index (Phi) is 5.72. The van der Waals surface area contributed by atoms with Crippen molar-refractivity contribution in [1.29, 1.82) is 0 Å². The molecule has 8 nitrogen and oxygen atoms in total. The first-order chi connectivity index (χ1) is 12.6. The molecule has 0 radical (unpaired) electrons. The maximum atomic E-state index is 12.1. The third-order valence-electron chi connectivity index (χ3n) is 3.39. The Balaban J connectivity index is 1.47. The van der Waals surface area contributed by atoms with E-state index in [0.717, 1.165) is 5.69 Å². The van der Waals surface area contributed by atoms with Crippen molar-refractivity contribution in [3.8, 4) is 0 Å². The third kappa shape index (κ3) is 4.98. The molecule has 3 aromatic rings. The van der Waals surface area contributed by atoms with Crippen molar-refractivity contribution >= 4 is 27.3 Å². The van der Waals surface area contributed by atoms with E-state index in [4.69, 9.17) is 0 Å². The van der Waals surface area contributed by atoms with Crippen molar-refractivity contribution in [1.82, 2.24) is 19.9 Å². The number of aromatic nitrogens is 3. The third-order valence-corrected chi connectivity index (χ3v) is 4.87. The number of pyridine rings is 1. The van der Waals surface area contributed by atoms with Crippen LogP contribution in [0.1, 0.15) is 0 Å². The molecule has 0 spiro atoms. The van der Waals surface area contributed by atoms with Crippen LogP contribution in [0.15, 0.2) is 71.9 Å². The van der Waals surface area contributed by atoms with E-state index < -0.39 is 10.0 Å². The summed E-state index contributed by atoms with van der Waals surface area (Å²) in [6, 6.07) is 15.4. The van der Waals surface area contributed by atoms with E-state index in [2.05, 4.69) is 30.5 Å². The van der Waals surface area contributed by atoms with Gasteiger partial charge in [-0.1, -0.05) is 18.2 Å². The molecule has 0 saturated heterocycles. The van der Waals surface area contributed by atoms with Crippen LogP contribution in [0, 0.1) is 0 Å². The van der Waals surface area contributed by atoms with Gasteiger partial charge < -0.3 is 10.6 Å². The maximum absolute atomic E-state index is 12.1. The molecule has 2 heterocycles. The Labute approximate surface area is 151 Å². The largest absolute Gasteiger partial charge is 0.367 e. The molecule has 0 aliphatic carbocycles. The average molecular weight is 370 g/mol. The van der Waals surface area contributed by atoms with E-state index in [9.17, 15) is 8.42 Å². The molecule has 134 valence electrons. The number of nitrogens with one attached hydrogen (secondary N) is 3. The van der Waals surface area contributed by atoms with Crippen molar-refractivity contribution < 1.29 is 8.42 Å². The minimum absolute atomic E-state index is 0.232. The number of nitrogens with zero attached hydrogens (tertiary/aromatic N) is 3. The van der Waals surface area contributed by atoms with E-state index in [1.54, 1.807) is 54.9 Å². The average Bonchev–Trinajstić information content (AvgIpc) is 2.68. The van der Waals surface area contributed by atoms with Gasteiger partial charge in [0.1, 0.15) is 5.82 Å². The van der Waals surface area contributed by atoms with Crippen LogP contribution in [-0.4, -0.2) is 36.7 Å². The fourth-order valence-corrected chi connectivity index (χ4v) is 3.19. The van der Waals surface area contributed by atoms with Gasteiger partial charge in [0.2, 0.25) is 10.0 Å². The highest BCUT2D eigenvalue weighted by Crippen LogP contribution is 2.13. The fraction of sp³-hybridized carbons (Fsp3) is 0.118. The number of rotatable bonds is 8. The van der Waals surface area contributed by atoms with E-state index >= 15 is 0 Å². The van der Waals surface area contributed by atoms with Gasteiger partial charge in [-0.15, -0.1) is 10.2 Å². The van der Waals surface area contributed by atoms with Crippen LogP contribution in [0.5, 0.6) is 0 Å². The highest BCUT2D eigenvalue weighted by atomic mass is 32.2. The van der Waals surface area contributed by atoms with Crippen LogP contribution in [0.4, 0.5) is 17.3 Å². The summed E-state index contributed by atoms with van der Waals surface area (Å²) in [5.74, 6) is 1.16. The molecule has 0 aliphatic heterocycles. The van der Waals surface area contributed by atoms with Crippen molar-refractivity contribution in [3.63, 3.8) is 0 Å². The molecule has 0 atom stereocenters. The molecule has 2 aromatic heterocycles. The van der Waals surface area contributed by atoms with Gasteiger partial charge in [0.15, 0.2) is 5.82 Å². The molecule has 0 fully saturated rings. The number of sulfonamides is 1. The Morgan fingerprint density at radius 3 is 2.19 bits per heavy atom. The molecule has 0 unspecified atom stereocenters. The van der Waals surface area contributed by atoms with Crippen LogP contribution < -0.4 is 15.4 Å². The van der Waals surface area contributed by atoms with Gasteiger partial charge in [0.25, 0.3) is 0 Å². The van der Waals surface area contributed by atoms with Gasteiger partial charge in [0, 0.05) is 31.2 Å². The monoisotopic (exact) mass is 370 g/mol. The van der Waals surface area contributed by atoms with Crippen molar-refractivity contribution in [2.75, 3.05) is 23.7 Å².